The lowest BCUT2D eigenvalue weighted by Gasteiger charge is -2.24. The van der Waals surface area contributed by atoms with E-state index in [9.17, 15) is 5.11 Å². The molecule has 1 aliphatic carbocycles. The van der Waals surface area contributed by atoms with Crippen LogP contribution in [0.3, 0.4) is 0 Å². The number of hydrogen-bond donors (Lipinski definition) is 2. The molecule has 0 aliphatic heterocycles. The molecule has 3 heteroatoms. The third-order valence-electron chi connectivity index (χ3n) is 2.82. The minimum absolute atomic E-state index is 0.0193. The topological polar surface area (TPSA) is 46.2 Å². The van der Waals surface area contributed by atoms with E-state index in [1.807, 2.05) is 6.07 Å². The summed E-state index contributed by atoms with van der Waals surface area (Å²) in [6.07, 6.45) is 5.23. The molecule has 0 saturated carbocycles. The number of phenolic OH excluding ortho intramolecular Hbond substituents is 1. The average molecular weight is 209 g/mol. The summed E-state index contributed by atoms with van der Waals surface area (Å²) in [6.45, 7) is 0. The fraction of sp³-hybridized carbons (Fsp3) is 0.455. The lowest BCUT2D eigenvalue weighted by atomic mass is 9.87. The van der Waals surface area contributed by atoms with E-state index in [4.69, 9.17) is 5.73 Å². The van der Waals surface area contributed by atoms with Gasteiger partial charge in [-0.15, -0.1) is 11.8 Å². The molecule has 14 heavy (non-hydrogen) atoms. The predicted octanol–water partition coefficient (Wildman–Crippen LogP) is 2.45. The lowest BCUT2D eigenvalue weighted by molar-refractivity contribution is 0.446. The third-order valence-corrected chi connectivity index (χ3v) is 3.65. The van der Waals surface area contributed by atoms with Gasteiger partial charge in [0.15, 0.2) is 0 Å². The highest BCUT2D eigenvalue weighted by Crippen LogP contribution is 2.39. The maximum Gasteiger partial charge on any atom is 0.120 e. The minimum atomic E-state index is 0.0193. The number of benzene rings is 1. The van der Waals surface area contributed by atoms with Gasteiger partial charge in [-0.3, -0.25) is 0 Å². The molecule has 0 radical (unpaired) electrons. The molecule has 0 amide bonds. The summed E-state index contributed by atoms with van der Waals surface area (Å²) in [5.74, 6) is 0.366. The molecule has 3 N–H and O–H groups in total. The van der Waals surface area contributed by atoms with Crippen molar-refractivity contribution >= 4 is 11.8 Å². The number of phenols is 1. The molecule has 0 aromatic heterocycles. The first-order chi connectivity index (χ1) is 6.74. The summed E-state index contributed by atoms with van der Waals surface area (Å²) >= 11 is 1.73. The lowest BCUT2D eigenvalue weighted by Crippen LogP contribution is -2.18. The van der Waals surface area contributed by atoms with E-state index in [2.05, 4.69) is 6.26 Å². The van der Waals surface area contributed by atoms with Crippen molar-refractivity contribution in [3.63, 3.8) is 0 Å². The monoisotopic (exact) mass is 209 g/mol. The maximum atomic E-state index is 9.76. The van der Waals surface area contributed by atoms with E-state index >= 15 is 0 Å². The van der Waals surface area contributed by atoms with Gasteiger partial charge >= 0.3 is 0 Å². The second-order valence-corrected chi connectivity index (χ2v) is 4.53. The number of hydrogen-bond acceptors (Lipinski definition) is 3. The Hall–Kier alpha value is -0.670. The second-order valence-electron chi connectivity index (χ2n) is 3.68. The number of fused-ring (bicyclic) bond motifs is 1. The molecule has 76 valence electrons. The van der Waals surface area contributed by atoms with Crippen molar-refractivity contribution < 1.29 is 5.11 Å². The van der Waals surface area contributed by atoms with Gasteiger partial charge < -0.3 is 10.8 Å². The highest BCUT2D eigenvalue weighted by molar-refractivity contribution is 7.98. The van der Waals surface area contributed by atoms with Crippen molar-refractivity contribution in [1.29, 1.82) is 0 Å². The second kappa shape index (κ2) is 3.83. The van der Waals surface area contributed by atoms with Crippen LogP contribution >= 0.6 is 11.8 Å². The smallest absolute Gasteiger partial charge is 0.120 e. The van der Waals surface area contributed by atoms with Crippen molar-refractivity contribution in [2.24, 2.45) is 5.73 Å². The first-order valence-corrected chi connectivity index (χ1v) is 6.11. The molecule has 0 heterocycles. The van der Waals surface area contributed by atoms with Gasteiger partial charge in [0.25, 0.3) is 0 Å². The first-order valence-electron chi connectivity index (χ1n) is 4.88. The summed E-state index contributed by atoms with van der Waals surface area (Å²) in [4.78, 5) is 1.26. The summed E-state index contributed by atoms with van der Waals surface area (Å²) in [5, 5.41) is 9.76. The molecule has 1 aromatic rings. The van der Waals surface area contributed by atoms with Crippen LogP contribution in [0.4, 0.5) is 0 Å². The van der Waals surface area contributed by atoms with Gasteiger partial charge in [0.2, 0.25) is 0 Å². The Morgan fingerprint density at radius 3 is 3.00 bits per heavy atom. The fourth-order valence-electron chi connectivity index (χ4n) is 2.14. The summed E-state index contributed by atoms with van der Waals surface area (Å²) in [5.41, 5.74) is 8.24. The number of aromatic hydroxyl groups is 1. The summed E-state index contributed by atoms with van der Waals surface area (Å²) in [6, 6.07) is 3.76. The van der Waals surface area contributed by atoms with Crippen LogP contribution in [0.15, 0.2) is 17.0 Å². The van der Waals surface area contributed by atoms with Gasteiger partial charge in [-0.05, 0) is 43.2 Å². The Kier molecular flexibility index (Phi) is 2.70. The van der Waals surface area contributed by atoms with Gasteiger partial charge in [-0.25, -0.2) is 0 Å². The van der Waals surface area contributed by atoms with Crippen LogP contribution in [0.5, 0.6) is 5.75 Å². The first kappa shape index (κ1) is 9.87. The predicted molar refractivity (Wildman–Crippen MR) is 59.8 cm³/mol. The molecule has 1 aromatic carbocycles. The molecule has 2 rings (SSSR count). The zero-order valence-electron chi connectivity index (χ0n) is 8.29. The summed E-state index contributed by atoms with van der Waals surface area (Å²) < 4.78 is 0. The van der Waals surface area contributed by atoms with Crippen LogP contribution in [0.1, 0.15) is 30.0 Å². The quantitative estimate of drug-likeness (QED) is 0.698. The number of rotatable bonds is 1. The zero-order valence-corrected chi connectivity index (χ0v) is 9.10. The van der Waals surface area contributed by atoms with Crippen LogP contribution in [0.2, 0.25) is 0 Å². The van der Waals surface area contributed by atoms with Crippen molar-refractivity contribution in [3.05, 3.63) is 23.3 Å². The standard InChI is InChI=1S/C11H15NOS/c1-14-10-6-5-9(13)11-7(10)3-2-4-8(11)12/h5-6,8,13H,2-4,12H2,1H3/t8-/m0/s1. The van der Waals surface area contributed by atoms with Gasteiger partial charge in [-0.2, -0.15) is 0 Å². The molecule has 0 spiro atoms. The maximum absolute atomic E-state index is 9.76. The van der Waals surface area contributed by atoms with Crippen molar-refractivity contribution in [2.45, 2.75) is 30.2 Å². The van der Waals surface area contributed by atoms with E-state index in [0.717, 1.165) is 24.8 Å². The van der Waals surface area contributed by atoms with E-state index in [1.165, 1.54) is 10.5 Å². The SMILES string of the molecule is CSc1ccc(O)c2c1CCC[C@@H]2N. The van der Waals surface area contributed by atoms with Crippen LogP contribution in [0.25, 0.3) is 0 Å². The molecule has 0 fully saturated rings. The highest BCUT2D eigenvalue weighted by atomic mass is 32.2. The fourth-order valence-corrected chi connectivity index (χ4v) is 2.80. The van der Waals surface area contributed by atoms with E-state index in [1.54, 1.807) is 17.8 Å². The molecular formula is C11H15NOS. The average Bonchev–Trinajstić information content (AvgIpc) is 2.18. The van der Waals surface area contributed by atoms with Crippen LogP contribution in [0, 0.1) is 0 Å². The molecule has 0 bridgehead atoms. The van der Waals surface area contributed by atoms with Crippen LogP contribution in [-0.2, 0) is 6.42 Å². The van der Waals surface area contributed by atoms with Gasteiger partial charge in [0, 0.05) is 16.5 Å². The molecule has 0 saturated heterocycles. The molecule has 1 atom stereocenters. The normalized spacial score (nSPS) is 20.6. The molecular weight excluding hydrogens is 194 g/mol. The van der Waals surface area contributed by atoms with Gasteiger partial charge in [0.1, 0.15) is 5.75 Å². The van der Waals surface area contributed by atoms with Crippen molar-refractivity contribution in [2.75, 3.05) is 6.26 Å². The summed E-state index contributed by atoms with van der Waals surface area (Å²) in [7, 11) is 0. The molecule has 2 nitrogen and oxygen atoms in total. The van der Waals surface area contributed by atoms with Gasteiger partial charge in [-0.1, -0.05) is 0 Å². The minimum Gasteiger partial charge on any atom is -0.508 e. The van der Waals surface area contributed by atoms with E-state index < -0.39 is 0 Å². The number of nitrogens with two attached hydrogens (primary N) is 1. The Morgan fingerprint density at radius 1 is 1.50 bits per heavy atom. The third kappa shape index (κ3) is 1.51. The van der Waals surface area contributed by atoms with Crippen LogP contribution < -0.4 is 5.73 Å². The Morgan fingerprint density at radius 2 is 2.29 bits per heavy atom. The van der Waals surface area contributed by atoms with Crippen molar-refractivity contribution in [3.8, 4) is 5.75 Å². The van der Waals surface area contributed by atoms with Crippen molar-refractivity contribution in [1.82, 2.24) is 0 Å². The van der Waals surface area contributed by atoms with Gasteiger partial charge in [0.05, 0.1) is 0 Å². The van der Waals surface area contributed by atoms with E-state index in [-0.39, 0.29) is 6.04 Å². The van der Waals surface area contributed by atoms with Crippen LogP contribution in [-0.4, -0.2) is 11.4 Å². The largest absolute Gasteiger partial charge is 0.508 e. The molecule has 0 unspecified atom stereocenters. The Labute approximate surface area is 88.5 Å². The highest BCUT2D eigenvalue weighted by Gasteiger charge is 2.22. The zero-order chi connectivity index (χ0) is 10.1. The Bertz CT molecular complexity index is 351. The van der Waals surface area contributed by atoms with E-state index in [0.29, 0.717) is 5.75 Å². The number of thioether (sulfide) groups is 1. The Balaban J connectivity index is 2.57. The molecule has 1 aliphatic rings.